The molecular formula is C65H39NO. The lowest BCUT2D eigenvalue weighted by Gasteiger charge is -2.33. The van der Waals surface area contributed by atoms with Crippen molar-refractivity contribution in [1.82, 2.24) is 0 Å². The lowest BCUT2D eigenvalue weighted by Crippen LogP contribution is -2.26. The average molecular weight is 850 g/mol. The predicted octanol–water partition coefficient (Wildman–Crippen LogP) is 17.7. The van der Waals surface area contributed by atoms with E-state index in [9.17, 15) is 0 Å². The molecule has 2 aliphatic carbocycles. The third-order valence-electron chi connectivity index (χ3n) is 15.0. The molecule has 2 aliphatic rings. The fraction of sp³-hybridized carbons (Fsp3) is 0.0154. The van der Waals surface area contributed by atoms with Gasteiger partial charge in [-0.1, -0.05) is 194 Å². The second-order valence-corrected chi connectivity index (χ2v) is 18.3. The van der Waals surface area contributed by atoms with Crippen molar-refractivity contribution < 1.29 is 4.42 Å². The molecule has 2 nitrogen and oxygen atoms in total. The Hall–Kier alpha value is -8.72. The van der Waals surface area contributed by atoms with Gasteiger partial charge >= 0.3 is 0 Å². The van der Waals surface area contributed by atoms with Crippen LogP contribution in [0.4, 0.5) is 17.1 Å². The van der Waals surface area contributed by atoms with Crippen molar-refractivity contribution in [1.29, 1.82) is 0 Å². The Morgan fingerprint density at radius 1 is 0.284 bits per heavy atom. The van der Waals surface area contributed by atoms with Gasteiger partial charge in [0.25, 0.3) is 0 Å². The zero-order valence-electron chi connectivity index (χ0n) is 36.4. The van der Waals surface area contributed by atoms with E-state index >= 15 is 0 Å². The Kier molecular flexibility index (Phi) is 7.46. The van der Waals surface area contributed by atoms with Crippen LogP contribution in [0.15, 0.2) is 241 Å². The number of hydrogen-bond acceptors (Lipinski definition) is 2. The topological polar surface area (TPSA) is 16.4 Å². The molecule has 1 spiro atoms. The summed E-state index contributed by atoms with van der Waals surface area (Å²) in [4.78, 5) is 2.52. The fourth-order valence-corrected chi connectivity index (χ4v) is 12.3. The molecule has 0 bridgehead atoms. The molecular weight excluding hydrogens is 811 g/mol. The maximum atomic E-state index is 6.95. The average Bonchev–Trinajstić information content (AvgIpc) is 4.03. The minimum absolute atomic E-state index is 0.536. The first-order chi connectivity index (χ1) is 33.2. The summed E-state index contributed by atoms with van der Waals surface area (Å²) in [6.45, 7) is 0. The smallest absolute Gasteiger partial charge is 0.143 e. The molecule has 0 radical (unpaired) electrons. The van der Waals surface area contributed by atoms with Gasteiger partial charge in [-0.2, -0.15) is 0 Å². The maximum Gasteiger partial charge on any atom is 0.143 e. The van der Waals surface area contributed by atoms with Crippen LogP contribution in [0.25, 0.3) is 98.4 Å². The summed E-state index contributed by atoms with van der Waals surface area (Å²) in [5.41, 5.74) is 17.0. The van der Waals surface area contributed by atoms with E-state index in [4.69, 9.17) is 4.42 Å². The molecule has 12 aromatic carbocycles. The molecule has 1 aromatic heterocycles. The SMILES string of the molecule is c1ccc2c(c1)-c1ccccc1C21c2ccccc2-c2cc(-c3cccc4c3oc3ccccc34)c(N(c3ccc4ccccc4c3)c3ccc4c5ccccc5c5ccccc5c4c3)cc21. The second kappa shape index (κ2) is 13.7. The fourth-order valence-electron chi connectivity index (χ4n) is 12.3. The Morgan fingerprint density at radius 2 is 0.776 bits per heavy atom. The Labute approximate surface area is 387 Å². The largest absolute Gasteiger partial charge is 0.455 e. The highest BCUT2D eigenvalue weighted by Gasteiger charge is 2.52. The van der Waals surface area contributed by atoms with Crippen molar-refractivity contribution in [2.24, 2.45) is 0 Å². The molecule has 13 aromatic rings. The van der Waals surface area contributed by atoms with Crippen LogP contribution in [-0.2, 0) is 5.41 Å². The number of fused-ring (bicyclic) bond motifs is 20. The van der Waals surface area contributed by atoms with E-state index in [1.54, 1.807) is 0 Å². The molecule has 0 saturated carbocycles. The van der Waals surface area contributed by atoms with E-state index < -0.39 is 5.41 Å². The van der Waals surface area contributed by atoms with Crippen molar-refractivity contribution >= 4 is 82.1 Å². The molecule has 1 heterocycles. The van der Waals surface area contributed by atoms with Crippen LogP contribution in [0, 0.1) is 0 Å². The Balaban J connectivity index is 1.11. The molecule has 0 amide bonds. The first kappa shape index (κ1) is 36.6. The van der Waals surface area contributed by atoms with Gasteiger partial charge in [0.1, 0.15) is 11.2 Å². The molecule has 0 saturated heterocycles. The predicted molar refractivity (Wildman–Crippen MR) is 280 cm³/mol. The monoisotopic (exact) mass is 849 g/mol. The van der Waals surface area contributed by atoms with E-state index in [2.05, 4.69) is 241 Å². The van der Waals surface area contributed by atoms with Crippen molar-refractivity contribution in [2.75, 3.05) is 4.90 Å². The van der Waals surface area contributed by atoms with E-state index in [-0.39, 0.29) is 0 Å². The van der Waals surface area contributed by atoms with Gasteiger partial charge < -0.3 is 9.32 Å². The standard InChI is InChI=1S/C65H39NO/c1-2-17-41-36-42(33-32-40(41)16-1)66(43-34-35-48-46-20-4-3-18-44(46)45-19-5-6-21-47(45)55(48)37-43)62-39-61-56(38-57(62)54-27-15-26-53-52-25-10-14-31-63(52)67-64(53)54)51-24-9-13-30-60(51)65(61)58-28-11-7-22-49(58)50-23-8-12-29-59(50)65/h1-39H. The normalized spacial score (nSPS) is 13.2. The van der Waals surface area contributed by atoms with Gasteiger partial charge in [0.05, 0.1) is 11.1 Å². The summed E-state index contributed by atoms with van der Waals surface area (Å²) in [6.07, 6.45) is 0. The lowest BCUT2D eigenvalue weighted by molar-refractivity contribution is 0.670. The first-order valence-electron chi connectivity index (χ1n) is 23.2. The summed E-state index contributed by atoms with van der Waals surface area (Å²) in [5.74, 6) is 0. The number of benzene rings is 12. The number of anilines is 3. The number of rotatable bonds is 4. The van der Waals surface area contributed by atoms with Crippen LogP contribution < -0.4 is 4.90 Å². The minimum Gasteiger partial charge on any atom is -0.455 e. The van der Waals surface area contributed by atoms with Gasteiger partial charge in [0.15, 0.2) is 0 Å². The number of hydrogen-bond donors (Lipinski definition) is 0. The summed E-state index contributed by atoms with van der Waals surface area (Å²) in [7, 11) is 0. The van der Waals surface area contributed by atoms with Crippen LogP contribution in [0.5, 0.6) is 0 Å². The number of para-hydroxylation sites is 2. The molecule has 0 atom stereocenters. The highest BCUT2D eigenvalue weighted by molar-refractivity contribution is 6.26. The zero-order chi connectivity index (χ0) is 43.8. The van der Waals surface area contributed by atoms with Gasteiger partial charge in [-0.05, 0) is 130 Å². The van der Waals surface area contributed by atoms with Gasteiger partial charge in [-0.25, -0.2) is 0 Å². The zero-order valence-corrected chi connectivity index (χ0v) is 36.4. The van der Waals surface area contributed by atoms with Crippen LogP contribution in [0.2, 0.25) is 0 Å². The van der Waals surface area contributed by atoms with Crippen molar-refractivity contribution in [2.45, 2.75) is 5.41 Å². The Bertz CT molecular complexity index is 4170. The van der Waals surface area contributed by atoms with Gasteiger partial charge in [0.2, 0.25) is 0 Å². The van der Waals surface area contributed by atoms with E-state index in [0.29, 0.717) is 0 Å². The van der Waals surface area contributed by atoms with E-state index in [0.717, 1.165) is 50.1 Å². The number of furan rings is 1. The van der Waals surface area contributed by atoms with Gasteiger partial charge in [-0.15, -0.1) is 0 Å². The highest BCUT2D eigenvalue weighted by Crippen LogP contribution is 2.64. The van der Waals surface area contributed by atoms with Gasteiger partial charge in [0, 0.05) is 33.3 Å². The summed E-state index contributed by atoms with van der Waals surface area (Å²) >= 11 is 0. The minimum atomic E-state index is -0.536. The van der Waals surface area contributed by atoms with Crippen molar-refractivity contribution in [3.63, 3.8) is 0 Å². The molecule has 15 rings (SSSR count). The molecule has 0 fully saturated rings. The highest BCUT2D eigenvalue weighted by atomic mass is 16.3. The summed E-state index contributed by atoms with van der Waals surface area (Å²) in [5, 5.41) is 12.1. The molecule has 2 heteroatoms. The second-order valence-electron chi connectivity index (χ2n) is 18.3. The van der Waals surface area contributed by atoms with Gasteiger partial charge in [-0.3, -0.25) is 0 Å². The van der Waals surface area contributed by atoms with Crippen LogP contribution in [0.1, 0.15) is 22.3 Å². The first-order valence-corrected chi connectivity index (χ1v) is 23.2. The number of nitrogens with zero attached hydrogens (tertiary/aromatic N) is 1. The van der Waals surface area contributed by atoms with Crippen LogP contribution >= 0.6 is 0 Å². The Morgan fingerprint density at radius 3 is 1.46 bits per heavy atom. The van der Waals surface area contributed by atoms with Crippen molar-refractivity contribution in [3.05, 3.63) is 259 Å². The maximum absolute atomic E-state index is 6.95. The van der Waals surface area contributed by atoms with Crippen LogP contribution in [0.3, 0.4) is 0 Å². The van der Waals surface area contributed by atoms with E-state index in [1.807, 2.05) is 0 Å². The molecule has 0 N–H and O–H groups in total. The van der Waals surface area contributed by atoms with Crippen LogP contribution in [-0.4, -0.2) is 0 Å². The lowest BCUT2D eigenvalue weighted by atomic mass is 9.70. The molecule has 67 heavy (non-hydrogen) atoms. The summed E-state index contributed by atoms with van der Waals surface area (Å²) < 4.78 is 6.95. The molecule has 0 aliphatic heterocycles. The van der Waals surface area contributed by atoms with E-state index in [1.165, 1.54) is 87.6 Å². The molecule has 0 unspecified atom stereocenters. The molecule has 310 valence electrons. The third kappa shape index (κ3) is 4.94. The quantitative estimate of drug-likeness (QED) is 0.164. The van der Waals surface area contributed by atoms with Crippen molar-refractivity contribution in [3.8, 4) is 33.4 Å². The third-order valence-corrected chi connectivity index (χ3v) is 15.0. The summed E-state index contributed by atoms with van der Waals surface area (Å²) in [6, 6.07) is 87.9.